The quantitative estimate of drug-likeness (QED) is 0.409. The Bertz CT molecular complexity index is 416. The maximum atomic E-state index is 12.5. The number of esters is 1. The molecule has 24 heavy (non-hydrogen) atoms. The number of halogens is 6. The minimum atomic E-state index is -6.29. The first-order valence-corrected chi connectivity index (χ1v) is 6.78. The predicted octanol–water partition coefficient (Wildman–Crippen LogP) is 2.40. The average Bonchev–Trinajstić information content (AvgIpc) is 2.38. The molecule has 5 nitrogen and oxygen atoms in total. The van der Waals surface area contributed by atoms with Crippen molar-refractivity contribution in [1.29, 1.82) is 0 Å². The molecule has 0 aliphatic carbocycles. The lowest BCUT2D eigenvalue weighted by Gasteiger charge is -2.32. The van der Waals surface area contributed by atoms with Gasteiger partial charge in [0.1, 0.15) is 0 Å². The molecule has 0 aromatic heterocycles. The summed E-state index contributed by atoms with van der Waals surface area (Å²) in [6.07, 6.45) is -13.8. The SMILES string of the molecule is CC(C)C(O)OCC(C)(C)COC(=O)C(O)(C(F)(F)F)C(F)(F)F. The smallest absolute Gasteiger partial charge is 0.437 e. The Kier molecular flexibility index (Phi) is 7.11. The van der Waals surface area contributed by atoms with E-state index in [4.69, 9.17) is 9.84 Å². The number of ether oxygens (including phenoxy) is 2. The van der Waals surface area contributed by atoms with Gasteiger partial charge in [0.25, 0.3) is 0 Å². The summed E-state index contributed by atoms with van der Waals surface area (Å²) in [7, 11) is 0. The van der Waals surface area contributed by atoms with E-state index < -0.39 is 42.2 Å². The van der Waals surface area contributed by atoms with Gasteiger partial charge in [0.05, 0.1) is 13.2 Å². The molecule has 0 saturated heterocycles. The third-order valence-electron chi connectivity index (χ3n) is 2.93. The van der Waals surface area contributed by atoms with E-state index in [0.717, 1.165) is 0 Å². The highest BCUT2D eigenvalue weighted by Gasteiger charge is 2.76. The maximum Gasteiger partial charge on any atom is 0.437 e. The van der Waals surface area contributed by atoms with Gasteiger partial charge in [-0.1, -0.05) is 27.7 Å². The second kappa shape index (κ2) is 7.44. The maximum absolute atomic E-state index is 12.5. The van der Waals surface area contributed by atoms with E-state index >= 15 is 0 Å². The van der Waals surface area contributed by atoms with Crippen LogP contribution in [-0.4, -0.2) is 53.6 Å². The third kappa shape index (κ3) is 5.49. The van der Waals surface area contributed by atoms with Crippen molar-refractivity contribution in [2.75, 3.05) is 13.2 Å². The highest BCUT2D eigenvalue weighted by molar-refractivity contribution is 5.81. The van der Waals surface area contributed by atoms with Crippen LogP contribution in [0.1, 0.15) is 27.7 Å². The second-order valence-electron chi connectivity index (χ2n) is 6.39. The summed E-state index contributed by atoms with van der Waals surface area (Å²) in [6, 6.07) is 0. The minimum Gasteiger partial charge on any atom is -0.462 e. The van der Waals surface area contributed by atoms with Gasteiger partial charge in [-0.05, 0) is 0 Å². The van der Waals surface area contributed by atoms with Crippen LogP contribution in [0, 0.1) is 11.3 Å². The molecule has 0 aliphatic rings. The van der Waals surface area contributed by atoms with Gasteiger partial charge in [-0.3, -0.25) is 0 Å². The number of aliphatic hydroxyl groups is 2. The lowest BCUT2D eigenvalue weighted by Crippen LogP contribution is -2.63. The van der Waals surface area contributed by atoms with Gasteiger partial charge < -0.3 is 19.7 Å². The fourth-order valence-corrected chi connectivity index (χ4v) is 1.30. The molecule has 0 aromatic rings. The van der Waals surface area contributed by atoms with E-state index in [-0.39, 0.29) is 12.5 Å². The van der Waals surface area contributed by atoms with Crippen molar-refractivity contribution >= 4 is 5.97 Å². The van der Waals surface area contributed by atoms with Crippen molar-refractivity contribution in [3.63, 3.8) is 0 Å². The van der Waals surface area contributed by atoms with Gasteiger partial charge in [0.2, 0.25) is 0 Å². The van der Waals surface area contributed by atoms with Crippen LogP contribution in [-0.2, 0) is 14.3 Å². The standard InChI is InChI=1S/C13H20F6O5/c1-7(2)8(20)23-5-10(3,4)6-24-9(21)11(22,12(14,15)16)13(17,18)19/h7-8,20,22H,5-6H2,1-4H3. The largest absolute Gasteiger partial charge is 0.462 e. The van der Waals surface area contributed by atoms with Crippen LogP contribution in [0.4, 0.5) is 26.3 Å². The van der Waals surface area contributed by atoms with Crippen molar-refractivity contribution in [2.24, 2.45) is 11.3 Å². The van der Waals surface area contributed by atoms with Gasteiger partial charge in [0, 0.05) is 11.3 Å². The van der Waals surface area contributed by atoms with Gasteiger partial charge in [-0.25, -0.2) is 4.79 Å². The number of carbonyl (C=O) groups excluding carboxylic acids is 1. The first kappa shape index (κ1) is 22.9. The Morgan fingerprint density at radius 2 is 1.42 bits per heavy atom. The Morgan fingerprint density at radius 3 is 1.75 bits per heavy atom. The van der Waals surface area contributed by atoms with Crippen LogP contribution < -0.4 is 0 Å². The zero-order valence-corrected chi connectivity index (χ0v) is 13.5. The van der Waals surface area contributed by atoms with Gasteiger partial charge in [-0.2, -0.15) is 26.3 Å². The average molecular weight is 370 g/mol. The molecule has 0 saturated carbocycles. The highest BCUT2D eigenvalue weighted by Crippen LogP contribution is 2.44. The lowest BCUT2D eigenvalue weighted by atomic mass is 9.96. The van der Waals surface area contributed by atoms with Crippen molar-refractivity contribution < 1.29 is 50.8 Å². The zero-order valence-electron chi connectivity index (χ0n) is 13.5. The van der Waals surface area contributed by atoms with Gasteiger partial charge in [0.15, 0.2) is 6.29 Å². The first-order chi connectivity index (χ1) is 10.5. The van der Waals surface area contributed by atoms with Crippen LogP contribution in [0.5, 0.6) is 0 Å². The van der Waals surface area contributed by atoms with E-state index in [2.05, 4.69) is 4.74 Å². The number of alkyl halides is 6. The van der Waals surface area contributed by atoms with Crippen LogP contribution in [0.3, 0.4) is 0 Å². The van der Waals surface area contributed by atoms with Crippen molar-refractivity contribution in [2.45, 2.75) is 51.9 Å². The molecule has 144 valence electrons. The normalized spacial score (nSPS) is 15.5. The number of hydrogen-bond acceptors (Lipinski definition) is 5. The fourth-order valence-electron chi connectivity index (χ4n) is 1.30. The number of aliphatic hydroxyl groups excluding tert-OH is 1. The molecule has 0 amide bonds. The molecule has 1 atom stereocenters. The van der Waals surface area contributed by atoms with Crippen LogP contribution in [0.15, 0.2) is 0 Å². The predicted molar refractivity (Wildman–Crippen MR) is 68.6 cm³/mol. The van der Waals surface area contributed by atoms with E-state index in [1.165, 1.54) is 13.8 Å². The van der Waals surface area contributed by atoms with E-state index in [9.17, 15) is 36.2 Å². The van der Waals surface area contributed by atoms with Crippen LogP contribution in [0.2, 0.25) is 0 Å². The monoisotopic (exact) mass is 370 g/mol. The summed E-state index contributed by atoms with van der Waals surface area (Å²) < 4.78 is 83.9. The molecular weight excluding hydrogens is 350 g/mol. The summed E-state index contributed by atoms with van der Waals surface area (Å²) in [5, 5.41) is 18.3. The molecule has 0 aromatic carbocycles. The summed E-state index contributed by atoms with van der Waals surface area (Å²) in [5.41, 5.74) is -6.82. The molecule has 11 heteroatoms. The Balaban J connectivity index is 4.97. The number of carbonyl (C=O) groups is 1. The zero-order chi connectivity index (χ0) is 19.6. The molecule has 0 bridgehead atoms. The fraction of sp³-hybridized carbons (Fsp3) is 0.923. The molecule has 0 radical (unpaired) electrons. The summed E-state index contributed by atoms with van der Waals surface area (Å²) >= 11 is 0. The molecule has 0 spiro atoms. The molecule has 2 N–H and O–H groups in total. The van der Waals surface area contributed by atoms with E-state index in [1.807, 2.05) is 0 Å². The third-order valence-corrected chi connectivity index (χ3v) is 2.93. The molecular formula is C13H20F6O5. The first-order valence-electron chi connectivity index (χ1n) is 6.78. The van der Waals surface area contributed by atoms with Crippen molar-refractivity contribution in [3.8, 4) is 0 Å². The second-order valence-corrected chi connectivity index (χ2v) is 6.39. The molecule has 0 rings (SSSR count). The van der Waals surface area contributed by atoms with Crippen molar-refractivity contribution in [1.82, 2.24) is 0 Å². The number of hydrogen-bond donors (Lipinski definition) is 2. The van der Waals surface area contributed by atoms with E-state index in [1.54, 1.807) is 13.8 Å². The molecule has 1 unspecified atom stereocenters. The molecule has 0 heterocycles. The summed E-state index contributed by atoms with van der Waals surface area (Å²) in [6.45, 7) is 4.68. The van der Waals surface area contributed by atoms with Crippen LogP contribution in [0.25, 0.3) is 0 Å². The Morgan fingerprint density at radius 1 is 1.00 bits per heavy atom. The topological polar surface area (TPSA) is 76.0 Å². The summed E-state index contributed by atoms with van der Waals surface area (Å²) in [5.74, 6) is -3.18. The Labute approximate surface area is 134 Å². The van der Waals surface area contributed by atoms with Gasteiger partial charge >= 0.3 is 23.9 Å². The van der Waals surface area contributed by atoms with Crippen LogP contribution >= 0.6 is 0 Å². The van der Waals surface area contributed by atoms with E-state index in [0.29, 0.717) is 0 Å². The lowest BCUT2D eigenvalue weighted by molar-refractivity contribution is -0.357. The Hall–Kier alpha value is -1.07. The minimum absolute atomic E-state index is 0.302. The molecule has 0 aliphatic heterocycles. The van der Waals surface area contributed by atoms with Crippen molar-refractivity contribution in [3.05, 3.63) is 0 Å². The number of rotatable bonds is 7. The molecule has 0 fully saturated rings. The summed E-state index contributed by atoms with van der Waals surface area (Å²) in [4.78, 5) is 11.2. The highest BCUT2D eigenvalue weighted by atomic mass is 19.4. The van der Waals surface area contributed by atoms with Gasteiger partial charge in [-0.15, -0.1) is 0 Å².